The fourth-order valence-corrected chi connectivity index (χ4v) is 2.49. The third-order valence-electron chi connectivity index (χ3n) is 2.74. The van der Waals surface area contributed by atoms with Crippen LogP contribution in [0, 0.1) is 5.92 Å². The Morgan fingerprint density at radius 2 is 2.17 bits per heavy atom. The molecule has 0 heterocycles. The molecule has 0 fully saturated rings. The summed E-state index contributed by atoms with van der Waals surface area (Å²) in [6.45, 7) is 4.08. The standard InChI is InChI=1S/C13H17BrClNO2/c1-8(2)12(5-6-17)16-13(18)10-4-3-9(15)7-11(10)14/h3-4,7-8,12,17H,5-6H2,1-2H3,(H,16,18). The highest BCUT2D eigenvalue weighted by atomic mass is 79.9. The number of benzene rings is 1. The van der Waals surface area contributed by atoms with E-state index < -0.39 is 0 Å². The molecule has 1 aromatic carbocycles. The van der Waals surface area contributed by atoms with Crippen molar-refractivity contribution in [2.24, 2.45) is 5.92 Å². The van der Waals surface area contributed by atoms with Crippen molar-refractivity contribution in [2.45, 2.75) is 26.3 Å². The lowest BCUT2D eigenvalue weighted by Crippen LogP contribution is -2.39. The topological polar surface area (TPSA) is 49.3 Å². The van der Waals surface area contributed by atoms with Gasteiger partial charge in [-0.25, -0.2) is 0 Å². The van der Waals surface area contributed by atoms with Crippen LogP contribution in [0.3, 0.4) is 0 Å². The van der Waals surface area contributed by atoms with E-state index in [1.807, 2.05) is 13.8 Å². The molecule has 18 heavy (non-hydrogen) atoms. The zero-order chi connectivity index (χ0) is 13.7. The van der Waals surface area contributed by atoms with E-state index in [0.717, 1.165) is 0 Å². The van der Waals surface area contributed by atoms with Gasteiger partial charge in [0.1, 0.15) is 0 Å². The average Bonchev–Trinajstić information content (AvgIpc) is 2.27. The Balaban J connectivity index is 2.80. The molecule has 1 unspecified atom stereocenters. The molecule has 1 amide bonds. The number of amides is 1. The summed E-state index contributed by atoms with van der Waals surface area (Å²) < 4.78 is 0.666. The molecule has 0 aliphatic heterocycles. The summed E-state index contributed by atoms with van der Waals surface area (Å²) in [4.78, 5) is 12.1. The van der Waals surface area contributed by atoms with Gasteiger partial charge in [-0.2, -0.15) is 0 Å². The normalized spacial score (nSPS) is 12.6. The zero-order valence-electron chi connectivity index (χ0n) is 10.4. The Labute approximate surface area is 121 Å². The predicted octanol–water partition coefficient (Wildman–Crippen LogP) is 3.24. The minimum Gasteiger partial charge on any atom is -0.396 e. The van der Waals surface area contributed by atoms with Crippen LogP contribution in [0.2, 0.25) is 5.02 Å². The minimum atomic E-state index is -0.161. The molecule has 0 spiro atoms. The Morgan fingerprint density at radius 1 is 1.50 bits per heavy atom. The van der Waals surface area contributed by atoms with Crippen LogP contribution in [0.5, 0.6) is 0 Å². The van der Waals surface area contributed by atoms with Gasteiger partial charge in [0, 0.05) is 22.1 Å². The number of rotatable bonds is 5. The van der Waals surface area contributed by atoms with Gasteiger partial charge in [0.15, 0.2) is 0 Å². The molecule has 0 radical (unpaired) electrons. The molecule has 1 rings (SSSR count). The fraction of sp³-hybridized carbons (Fsp3) is 0.462. The molecule has 0 aromatic heterocycles. The van der Waals surface area contributed by atoms with Crippen molar-refractivity contribution < 1.29 is 9.90 Å². The summed E-state index contributed by atoms with van der Waals surface area (Å²) in [7, 11) is 0. The fourth-order valence-electron chi connectivity index (χ4n) is 1.63. The minimum absolute atomic E-state index is 0.0370. The van der Waals surface area contributed by atoms with Crippen molar-refractivity contribution >= 4 is 33.4 Å². The molecule has 3 nitrogen and oxygen atoms in total. The lowest BCUT2D eigenvalue weighted by molar-refractivity contribution is 0.0916. The average molecular weight is 335 g/mol. The molecule has 0 saturated heterocycles. The van der Waals surface area contributed by atoms with E-state index in [1.54, 1.807) is 18.2 Å². The van der Waals surface area contributed by atoms with E-state index in [9.17, 15) is 4.79 Å². The summed E-state index contributed by atoms with van der Waals surface area (Å²) in [5.74, 6) is 0.109. The first kappa shape index (κ1) is 15.5. The van der Waals surface area contributed by atoms with Crippen LogP contribution in [0.1, 0.15) is 30.6 Å². The first-order chi connectivity index (χ1) is 8.45. The molecule has 5 heteroatoms. The number of carbonyl (C=O) groups excluding carboxylic acids is 1. The highest BCUT2D eigenvalue weighted by Crippen LogP contribution is 2.22. The van der Waals surface area contributed by atoms with Gasteiger partial charge in [-0.15, -0.1) is 0 Å². The van der Waals surface area contributed by atoms with Crippen molar-refractivity contribution in [3.8, 4) is 0 Å². The third-order valence-corrected chi connectivity index (χ3v) is 3.63. The van der Waals surface area contributed by atoms with Crippen molar-refractivity contribution in [3.63, 3.8) is 0 Å². The number of halogens is 2. The number of hydrogen-bond donors (Lipinski definition) is 2. The van der Waals surface area contributed by atoms with Crippen LogP contribution in [-0.2, 0) is 0 Å². The maximum atomic E-state index is 12.1. The van der Waals surface area contributed by atoms with Gasteiger partial charge < -0.3 is 10.4 Å². The van der Waals surface area contributed by atoms with Crippen molar-refractivity contribution in [3.05, 3.63) is 33.3 Å². The number of carbonyl (C=O) groups is 1. The second kappa shape index (κ2) is 7.12. The van der Waals surface area contributed by atoms with Crippen LogP contribution in [-0.4, -0.2) is 23.7 Å². The molecular weight excluding hydrogens is 318 g/mol. The van der Waals surface area contributed by atoms with E-state index in [0.29, 0.717) is 21.5 Å². The lowest BCUT2D eigenvalue weighted by Gasteiger charge is -2.21. The molecule has 2 N–H and O–H groups in total. The van der Waals surface area contributed by atoms with E-state index in [2.05, 4.69) is 21.2 Å². The van der Waals surface area contributed by atoms with Gasteiger partial charge in [0.05, 0.1) is 5.56 Å². The monoisotopic (exact) mass is 333 g/mol. The quantitative estimate of drug-likeness (QED) is 0.868. The van der Waals surface area contributed by atoms with Gasteiger partial charge in [-0.1, -0.05) is 25.4 Å². The summed E-state index contributed by atoms with van der Waals surface area (Å²) >= 11 is 9.15. The molecule has 1 aromatic rings. The zero-order valence-corrected chi connectivity index (χ0v) is 12.8. The van der Waals surface area contributed by atoms with Crippen LogP contribution in [0.15, 0.2) is 22.7 Å². The second-order valence-corrected chi connectivity index (χ2v) is 5.75. The molecular formula is C13H17BrClNO2. The van der Waals surface area contributed by atoms with Gasteiger partial charge >= 0.3 is 0 Å². The number of hydrogen-bond acceptors (Lipinski definition) is 2. The molecule has 1 atom stereocenters. The number of aliphatic hydroxyl groups excluding tert-OH is 1. The van der Waals surface area contributed by atoms with Gasteiger partial charge in [0.2, 0.25) is 0 Å². The summed E-state index contributed by atoms with van der Waals surface area (Å²) in [5.41, 5.74) is 0.544. The van der Waals surface area contributed by atoms with Crippen molar-refractivity contribution in [2.75, 3.05) is 6.61 Å². The third kappa shape index (κ3) is 4.26. The van der Waals surface area contributed by atoms with Crippen molar-refractivity contribution in [1.82, 2.24) is 5.32 Å². The molecule has 0 aliphatic carbocycles. The van der Waals surface area contributed by atoms with Crippen LogP contribution < -0.4 is 5.32 Å². The maximum Gasteiger partial charge on any atom is 0.252 e. The maximum absolute atomic E-state index is 12.1. The number of aliphatic hydroxyl groups is 1. The molecule has 0 aliphatic rings. The summed E-state index contributed by atoms with van der Waals surface area (Å²) in [6.07, 6.45) is 0.550. The van der Waals surface area contributed by atoms with Crippen LogP contribution in [0.4, 0.5) is 0 Å². The van der Waals surface area contributed by atoms with Gasteiger partial charge in [-0.3, -0.25) is 4.79 Å². The Hall–Kier alpha value is -0.580. The Bertz CT molecular complexity index is 423. The largest absolute Gasteiger partial charge is 0.396 e. The second-order valence-electron chi connectivity index (χ2n) is 4.46. The van der Waals surface area contributed by atoms with Gasteiger partial charge in [0.25, 0.3) is 5.91 Å². The van der Waals surface area contributed by atoms with Crippen LogP contribution in [0.25, 0.3) is 0 Å². The first-order valence-electron chi connectivity index (χ1n) is 5.82. The Morgan fingerprint density at radius 3 is 2.67 bits per heavy atom. The van der Waals surface area contributed by atoms with E-state index in [4.69, 9.17) is 16.7 Å². The molecule has 0 bridgehead atoms. The van der Waals surface area contributed by atoms with E-state index in [-0.39, 0.29) is 24.5 Å². The lowest BCUT2D eigenvalue weighted by atomic mass is 10.0. The smallest absolute Gasteiger partial charge is 0.252 e. The molecule has 100 valence electrons. The van der Waals surface area contributed by atoms with E-state index in [1.165, 1.54) is 0 Å². The van der Waals surface area contributed by atoms with Gasteiger partial charge in [-0.05, 0) is 46.5 Å². The summed E-state index contributed by atoms with van der Waals surface area (Å²) in [6, 6.07) is 5.01. The predicted molar refractivity (Wildman–Crippen MR) is 76.9 cm³/mol. The summed E-state index contributed by atoms with van der Waals surface area (Å²) in [5, 5.41) is 12.5. The highest BCUT2D eigenvalue weighted by Gasteiger charge is 2.18. The van der Waals surface area contributed by atoms with E-state index >= 15 is 0 Å². The number of nitrogens with one attached hydrogen (secondary N) is 1. The van der Waals surface area contributed by atoms with Crippen LogP contribution >= 0.6 is 27.5 Å². The highest BCUT2D eigenvalue weighted by molar-refractivity contribution is 9.10. The SMILES string of the molecule is CC(C)C(CCO)NC(=O)c1ccc(Cl)cc1Br. The first-order valence-corrected chi connectivity index (χ1v) is 6.99. The molecule has 0 saturated carbocycles. The van der Waals surface area contributed by atoms with Crippen molar-refractivity contribution in [1.29, 1.82) is 0 Å². The Kier molecular flexibility index (Phi) is 6.12.